The average Bonchev–Trinajstić information content (AvgIpc) is 3.47. The van der Waals surface area contributed by atoms with Crippen LogP contribution >= 0.6 is 11.3 Å². The number of carbonyl (C=O) groups is 3. The molecule has 4 rings (SSSR count). The number of rotatable bonds is 9. The van der Waals surface area contributed by atoms with Gasteiger partial charge >= 0.3 is 18.0 Å². The van der Waals surface area contributed by atoms with Crippen LogP contribution in [0.15, 0.2) is 60.2 Å². The van der Waals surface area contributed by atoms with Gasteiger partial charge in [-0.3, -0.25) is 9.78 Å². The summed E-state index contributed by atoms with van der Waals surface area (Å²) in [6.45, 7) is -1.42. The number of ether oxygens (including phenoxy) is 1. The SMILES string of the molecule is O=C(NCC(F)(F)C(=O)NC(Cc1cncs1)C(=O)O)OCC1c2ccccc2-c2ccccc21. The lowest BCUT2D eigenvalue weighted by molar-refractivity contribution is -0.150. The van der Waals surface area contributed by atoms with E-state index in [-0.39, 0.29) is 18.9 Å². The molecule has 0 fully saturated rings. The van der Waals surface area contributed by atoms with Crippen LogP contribution < -0.4 is 10.6 Å². The van der Waals surface area contributed by atoms with Crippen molar-refractivity contribution in [2.24, 2.45) is 0 Å². The topological polar surface area (TPSA) is 118 Å². The molecule has 1 atom stereocenters. The van der Waals surface area contributed by atoms with E-state index >= 15 is 0 Å². The molecule has 11 heteroatoms. The maximum Gasteiger partial charge on any atom is 0.407 e. The van der Waals surface area contributed by atoms with E-state index in [1.54, 1.807) is 0 Å². The van der Waals surface area contributed by atoms with Gasteiger partial charge in [0.2, 0.25) is 0 Å². The van der Waals surface area contributed by atoms with Crippen LogP contribution in [0.1, 0.15) is 21.9 Å². The van der Waals surface area contributed by atoms with Crippen LogP contribution in [0.5, 0.6) is 0 Å². The minimum atomic E-state index is -4.05. The van der Waals surface area contributed by atoms with Crippen molar-refractivity contribution in [1.29, 1.82) is 0 Å². The van der Waals surface area contributed by atoms with E-state index in [1.807, 2.05) is 59.2 Å². The second kappa shape index (κ2) is 10.2. The molecule has 0 radical (unpaired) electrons. The number of aliphatic carboxylic acids is 1. The Morgan fingerprint density at radius 3 is 2.29 bits per heavy atom. The van der Waals surface area contributed by atoms with Crippen LogP contribution in [0.2, 0.25) is 0 Å². The number of alkyl carbamates (subject to hydrolysis) is 1. The third kappa shape index (κ3) is 5.46. The molecule has 1 aromatic heterocycles. The van der Waals surface area contributed by atoms with Gasteiger partial charge in [-0.15, -0.1) is 11.3 Å². The van der Waals surface area contributed by atoms with E-state index in [2.05, 4.69) is 4.98 Å². The summed E-state index contributed by atoms with van der Waals surface area (Å²) in [4.78, 5) is 39.8. The van der Waals surface area contributed by atoms with Crippen molar-refractivity contribution in [1.82, 2.24) is 15.6 Å². The molecule has 0 aliphatic heterocycles. The Balaban J connectivity index is 1.32. The fourth-order valence-electron chi connectivity index (χ4n) is 3.92. The number of hydrogen-bond acceptors (Lipinski definition) is 6. The molecule has 2 amide bonds. The zero-order valence-corrected chi connectivity index (χ0v) is 19.1. The lowest BCUT2D eigenvalue weighted by Crippen LogP contribution is -2.53. The van der Waals surface area contributed by atoms with Gasteiger partial charge < -0.3 is 20.5 Å². The molecule has 3 aromatic rings. The van der Waals surface area contributed by atoms with Crippen molar-refractivity contribution in [3.05, 3.63) is 76.2 Å². The minimum Gasteiger partial charge on any atom is -0.480 e. The lowest BCUT2D eigenvalue weighted by Gasteiger charge is -2.20. The second-order valence-corrected chi connectivity index (χ2v) is 8.89. The molecular formula is C24H21F2N3O5S. The highest BCUT2D eigenvalue weighted by Gasteiger charge is 2.41. The van der Waals surface area contributed by atoms with Crippen LogP contribution in [0.3, 0.4) is 0 Å². The fraction of sp³-hybridized carbons (Fsp3) is 0.250. The molecule has 0 bridgehead atoms. The summed E-state index contributed by atoms with van der Waals surface area (Å²) in [5.74, 6) is -7.58. The van der Waals surface area contributed by atoms with E-state index < -0.39 is 36.5 Å². The van der Waals surface area contributed by atoms with Crippen LogP contribution in [-0.2, 0) is 20.7 Å². The van der Waals surface area contributed by atoms with E-state index in [4.69, 9.17) is 4.74 Å². The van der Waals surface area contributed by atoms with Gasteiger partial charge in [0, 0.05) is 23.4 Å². The van der Waals surface area contributed by atoms with Gasteiger partial charge in [0.15, 0.2) is 0 Å². The summed E-state index contributed by atoms with van der Waals surface area (Å²) in [7, 11) is 0. The number of aromatic nitrogens is 1. The van der Waals surface area contributed by atoms with Gasteiger partial charge in [-0.25, -0.2) is 9.59 Å². The molecular weight excluding hydrogens is 480 g/mol. The van der Waals surface area contributed by atoms with Gasteiger partial charge in [0.1, 0.15) is 12.6 Å². The average molecular weight is 502 g/mol. The Morgan fingerprint density at radius 2 is 1.71 bits per heavy atom. The van der Waals surface area contributed by atoms with E-state index in [0.29, 0.717) is 4.88 Å². The first-order valence-corrected chi connectivity index (χ1v) is 11.5. The number of halogens is 2. The maximum atomic E-state index is 14.3. The summed E-state index contributed by atoms with van der Waals surface area (Å²) in [5.41, 5.74) is 5.43. The van der Waals surface area contributed by atoms with Crippen molar-refractivity contribution in [2.75, 3.05) is 13.2 Å². The highest BCUT2D eigenvalue weighted by Crippen LogP contribution is 2.44. The normalized spacial score (nSPS) is 13.4. The Bertz CT molecular complexity index is 1190. The highest BCUT2D eigenvalue weighted by atomic mass is 32.1. The molecule has 0 spiro atoms. The quantitative estimate of drug-likeness (QED) is 0.414. The molecule has 8 nitrogen and oxygen atoms in total. The molecule has 2 aromatic carbocycles. The van der Waals surface area contributed by atoms with Crippen molar-refractivity contribution >= 4 is 29.3 Å². The molecule has 1 aliphatic rings. The Labute approximate surface area is 203 Å². The third-order valence-corrected chi connectivity index (χ3v) is 6.42. The number of thiazole rings is 1. The number of carboxylic acids is 1. The van der Waals surface area contributed by atoms with E-state index in [0.717, 1.165) is 33.6 Å². The molecule has 1 heterocycles. The van der Waals surface area contributed by atoms with Gasteiger partial charge in [-0.1, -0.05) is 48.5 Å². The Hall–Kier alpha value is -3.86. The van der Waals surface area contributed by atoms with Crippen molar-refractivity contribution < 1.29 is 33.0 Å². The smallest absolute Gasteiger partial charge is 0.407 e. The number of carbonyl (C=O) groups excluding carboxylic acids is 2. The summed E-state index contributed by atoms with van der Waals surface area (Å²) in [5, 5.41) is 13.0. The molecule has 3 N–H and O–H groups in total. The predicted molar refractivity (Wildman–Crippen MR) is 123 cm³/mol. The molecule has 182 valence electrons. The number of nitrogens with one attached hydrogen (secondary N) is 2. The predicted octanol–water partition coefficient (Wildman–Crippen LogP) is 3.43. The number of fused-ring (bicyclic) bond motifs is 3. The molecule has 0 saturated carbocycles. The number of benzene rings is 2. The van der Waals surface area contributed by atoms with Crippen molar-refractivity contribution in [2.45, 2.75) is 24.3 Å². The standard InChI is InChI=1S/C24H21F2N3O5S/c25-24(26,22(32)29-20(21(30)31)9-14-10-27-13-35-14)12-28-23(33)34-11-19-17-7-3-1-5-15(17)16-6-2-4-8-18(16)19/h1-8,10,13,19-20H,9,11-12H2,(H,28,33)(H,29,32)(H,30,31). The number of carboxylic acid groups (broad SMARTS) is 1. The molecule has 0 saturated heterocycles. The number of alkyl halides is 2. The van der Waals surface area contributed by atoms with Gasteiger partial charge in [0.25, 0.3) is 5.91 Å². The maximum absolute atomic E-state index is 14.3. The third-order valence-electron chi connectivity index (χ3n) is 5.62. The Morgan fingerprint density at radius 1 is 1.09 bits per heavy atom. The first kappa shape index (κ1) is 24.3. The van der Waals surface area contributed by atoms with E-state index in [9.17, 15) is 28.3 Å². The monoisotopic (exact) mass is 501 g/mol. The second-order valence-electron chi connectivity index (χ2n) is 7.92. The Kier molecular flexibility index (Phi) is 7.06. The molecule has 1 unspecified atom stereocenters. The summed E-state index contributed by atoms with van der Waals surface area (Å²) < 4.78 is 33.9. The van der Waals surface area contributed by atoms with Gasteiger partial charge in [-0.2, -0.15) is 8.78 Å². The molecule has 35 heavy (non-hydrogen) atoms. The van der Waals surface area contributed by atoms with E-state index in [1.165, 1.54) is 11.7 Å². The minimum absolute atomic E-state index is 0.0758. The van der Waals surface area contributed by atoms with Crippen LogP contribution in [-0.4, -0.2) is 53.2 Å². The number of amides is 2. The highest BCUT2D eigenvalue weighted by molar-refractivity contribution is 7.09. The van der Waals surface area contributed by atoms with Crippen molar-refractivity contribution in [3.8, 4) is 11.1 Å². The summed E-state index contributed by atoms with van der Waals surface area (Å²) in [6, 6.07) is 13.8. The van der Waals surface area contributed by atoms with Crippen molar-refractivity contribution in [3.63, 3.8) is 0 Å². The largest absolute Gasteiger partial charge is 0.480 e. The zero-order chi connectivity index (χ0) is 25.0. The van der Waals surface area contributed by atoms with Crippen LogP contribution in [0, 0.1) is 0 Å². The molecule has 1 aliphatic carbocycles. The first-order chi connectivity index (χ1) is 16.8. The first-order valence-electron chi connectivity index (χ1n) is 10.6. The van der Waals surface area contributed by atoms with Crippen LogP contribution in [0.4, 0.5) is 13.6 Å². The number of nitrogens with zero attached hydrogens (tertiary/aromatic N) is 1. The lowest BCUT2D eigenvalue weighted by atomic mass is 9.98. The fourth-order valence-corrected chi connectivity index (χ4v) is 4.56. The van der Waals surface area contributed by atoms with Gasteiger partial charge in [0.05, 0.1) is 12.1 Å². The van der Waals surface area contributed by atoms with Gasteiger partial charge in [-0.05, 0) is 22.3 Å². The van der Waals surface area contributed by atoms with Crippen LogP contribution in [0.25, 0.3) is 11.1 Å². The number of hydrogen-bond donors (Lipinski definition) is 3. The summed E-state index contributed by atoms with van der Waals surface area (Å²) in [6.07, 6.45) is 0.0874. The zero-order valence-electron chi connectivity index (χ0n) is 18.2. The summed E-state index contributed by atoms with van der Waals surface area (Å²) >= 11 is 1.14.